The number of carbonyl (C=O) groups is 1. The Balaban J connectivity index is 1.91. The van der Waals surface area contributed by atoms with E-state index >= 15 is 0 Å². The van der Waals surface area contributed by atoms with Crippen LogP contribution < -0.4 is 5.32 Å². The summed E-state index contributed by atoms with van der Waals surface area (Å²) in [7, 11) is 0. The van der Waals surface area contributed by atoms with Crippen molar-refractivity contribution in [1.82, 2.24) is 9.78 Å². The molecule has 2 aromatic carbocycles. The van der Waals surface area contributed by atoms with Crippen LogP contribution in [-0.2, 0) is 0 Å². The second kappa shape index (κ2) is 5.81. The molecule has 0 saturated heterocycles. The van der Waals surface area contributed by atoms with Gasteiger partial charge in [0.05, 0.1) is 11.3 Å². The van der Waals surface area contributed by atoms with Crippen molar-refractivity contribution in [3.8, 4) is 5.69 Å². The fourth-order valence-electron chi connectivity index (χ4n) is 2.15. The van der Waals surface area contributed by atoms with Crippen molar-refractivity contribution in [1.29, 1.82) is 0 Å². The van der Waals surface area contributed by atoms with Gasteiger partial charge >= 0.3 is 0 Å². The van der Waals surface area contributed by atoms with Crippen molar-refractivity contribution in [3.05, 3.63) is 77.9 Å². The van der Waals surface area contributed by atoms with Gasteiger partial charge in [0.25, 0.3) is 5.91 Å². The first-order chi connectivity index (χ1) is 10.6. The molecule has 0 saturated carbocycles. The number of anilines is 1. The van der Waals surface area contributed by atoms with Gasteiger partial charge in [-0.1, -0.05) is 18.2 Å². The Labute approximate surface area is 127 Å². The van der Waals surface area contributed by atoms with Crippen LogP contribution >= 0.6 is 0 Å². The fraction of sp³-hybridized carbons (Fsp3) is 0.0588. The van der Waals surface area contributed by atoms with Crippen molar-refractivity contribution < 1.29 is 9.18 Å². The summed E-state index contributed by atoms with van der Waals surface area (Å²) in [4.78, 5) is 12.5. The quantitative estimate of drug-likeness (QED) is 0.803. The molecular formula is C17H14FN3O. The third kappa shape index (κ3) is 2.74. The van der Waals surface area contributed by atoms with Crippen LogP contribution in [0.2, 0.25) is 0 Å². The molecule has 0 aliphatic carbocycles. The van der Waals surface area contributed by atoms with E-state index in [0.29, 0.717) is 22.5 Å². The molecule has 0 aliphatic heterocycles. The Hall–Kier alpha value is -2.95. The number of amides is 1. The zero-order valence-electron chi connectivity index (χ0n) is 12.0. The Morgan fingerprint density at radius 3 is 2.73 bits per heavy atom. The first kappa shape index (κ1) is 14.0. The van der Waals surface area contributed by atoms with E-state index in [-0.39, 0.29) is 11.7 Å². The maximum atomic E-state index is 13.6. The molecule has 5 heteroatoms. The van der Waals surface area contributed by atoms with E-state index in [2.05, 4.69) is 10.4 Å². The fourth-order valence-corrected chi connectivity index (χ4v) is 2.15. The van der Waals surface area contributed by atoms with Gasteiger partial charge in [-0.25, -0.2) is 9.07 Å². The van der Waals surface area contributed by atoms with Crippen molar-refractivity contribution >= 4 is 11.6 Å². The number of halogens is 1. The molecule has 1 N–H and O–H groups in total. The molecule has 1 amide bonds. The number of benzene rings is 2. The van der Waals surface area contributed by atoms with Crippen LogP contribution in [0.5, 0.6) is 0 Å². The van der Waals surface area contributed by atoms with Gasteiger partial charge in [-0.2, -0.15) is 5.10 Å². The Morgan fingerprint density at radius 2 is 2.00 bits per heavy atom. The number of nitrogens with zero attached hydrogens (tertiary/aromatic N) is 2. The predicted molar refractivity (Wildman–Crippen MR) is 82.7 cm³/mol. The highest BCUT2D eigenvalue weighted by atomic mass is 19.1. The minimum Gasteiger partial charge on any atom is -0.322 e. The highest BCUT2D eigenvalue weighted by Gasteiger charge is 2.13. The summed E-state index contributed by atoms with van der Waals surface area (Å²) in [5.74, 6) is -0.660. The lowest BCUT2D eigenvalue weighted by atomic mass is 10.1. The van der Waals surface area contributed by atoms with Crippen LogP contribution in [0.1, 0.15) is 15.9 Å². The average Bonchev–Trinajstić information content (AvgIpc) is 3.05. The molecule has 0 aliphatic rings. The molecule has 4 nitrogen and oxygen atoms in total. The van der Waals surface area contributed by atoms with Crippen molar-refractivity contribution in [2.24, 2.45) is 0 Å². The standard InChI is InChI=1S/C17H14FN3O/c1-12-7-8-13(11-15(12)18)20-17(22)14-5-2-3-6-16(14)21-10-4-9-19-21/h2-11H,1H3,(H,20,22). The first-order valence-corrected chi connectivity index (χ1v) is 6.82. The van der Waals surface area contributed by atoms with Crippen LogP contribution in [0.4, 0.5) is 10.1 Å². The largest absolute Gasteiger partial charge is 0.322 e. The third-order valence-electron chi connectivity index (χ3n) is 3.33. The number of carbonyl (C=O) groups excluding carboxylic acids is 1. The zero-order valence-corrected chi connectivity index (χ0v) is 12.0. The average molecular weight is 295 g/mol. The number of hydrogen-bond acceptors (Lipinski definition) is 2. The van der Waals surface area contributed by atoms with Gasteiger partial charge in [0.15, 0.2) is 0 Å². The Bertz CT molecular complexity index is 813. The lowest BCUT2D eigenvalue weighted by Gasteiger charge is -2.10. The van der Waals surface area contributed by atoms with Crippen molar-refractivity contribution in [2.75, 3.05) is 5.32 Å². The minimum absolute atomic E-state index is 0.311. The smallest absolute Gasteiger partial charge is 0.257 e. The maximum absolute atomic E-state index is 13.6. The second-order valence-electron chi connectivity index (χ2n) is 4.89. The SMILES string of the molecule is Cc1ccc(NC(=O)c2ccccc2-n2cccn2)cc1F. The highest BCUT2D eigenvalue weighted by Crippen LogP contribution is 2.18. The van der Waals surface area contributed by atoms with Gasteiger partial charge in [0, 0.05) is 18.1 Å². The summed E-state index contributed by atoms with van der Waals surface area (Å²) in [5.41, 5.74) is 2.09. The normalized spacial score (nSPS) is 10.5. The monoisotopic (exact) mass is 295 g/mol. The summed E-state index contributed by atoms with van der Waals surface area (Å²) in [5, 5.41) is 6.85. The Morgan fingerprint density at radius 1 is 1.18 bits per heavy atom. The molecule has 0 unspecified atom stereocenters. The number of aryl methyl sites for hydroxylation is 1. The first-order valence-electron chi connectivity index (χ1n) is 6.82. The van der Waals surface area contributed by atoms with Gasteiger partial charge < -0.3 is 5.32 Å². The van der Waals surface area contributed by atoms with E-state index in [4.69, 9.17) is 0 Å². The van der Waals surface area contributed by atoms with E-state index in [1.54, 1.807) is 60.4 Å². The number of aromatic nitrogens is 2. The van der Waals surface area contributed by atoms with E-state index < -0.39 is 0 Å². The molecule has 0 radical (unpaired) electrons. The summed E-state index contributed by atoms with van der Waals surface area (Å²) in [6.07, 6.45) is 3.40. The van der Waals surface area contributed by atoms with E-state index in [1.807, 2.05) is 6.07 Å². The van der Waals surface area contributed by atoms with E-state index in [1.165, 1.54) is 6.07 Å². The number of rotatable bonds is 3. The molecule has 3 aromatic rings. The minimum atomic E-state index is -0.349. The zero-order chi connectivity index (χ0) is 15.5. The molecule has 0 fully saturated rings. The van der Waals surface area contributed by atoms with Crippen LogP contribution in [0.15, 0.2) is 60.9 Å². The molecular weight excluding hydrogens is 281 g/mol. The molecule has 0 bridgehead atoms. The van der Waals surface area contributed by atoms with Gasteiger partial charge in [-0.3, -0.25) is 4.79 Å². The number of hydrogen-bond donors (Lipinski definition) is 1. The molecule has 1 heterocycles. The topological polar surface area (TPSA) is 46.9 Å². The van der Waals surface area contributed by atoms with Gasteiger partial charge in [-0.05, 0) is 42.8 Å². The molecule has 3 rings (SSSR count). The van der Waals surface area contributed by atoms with E-state index in [9.17, 15) is 9.18 Å². The molecule has 0 spiro atoms. The second-order valence-corrected chi connectivity index (χ2v) is 4.89. The van der Waals surface area contributed by atoms with Gasteiger partial charge in [-0.15, -0.1) is 0 Å². The Kier molecular flexibility index (Phi) is 3.70. The van der Waals surface area contributed by atoms with E-state index in [0.717, 1.165) is 0 Å². The lowest BCUT2D eigenvalue weighted by Crippen LogP contribution is -2.15. The number of nitrogens with one attached hydrogen (secondary N) is 1. The molecule has 22 heavy (non-hydrogen) atoms. The summed E-state index contributed by atoms with van der Waals surface area (Å²) in [6, 6.07) is 13.5. The van der Waals surface area contributed by atoms with Crippen molar-refractivity contribution in [3.63, 3.8) is 0 Å². The highest BCUT2D eigenvalue weighted by molar-refractivity contribution is 6.06. The summed E-state index contributed by atoms with van der Waals surface area (Å²) >= 11 is 0. The van der Waals surface area contributed by atoms with Gasteiger partial charge in [0.2, 0.25) is 0 Å². The molecule has 0 atom stereocenters. The maximum Gasteiger partial charge on any atom is 0.257 e. The van der Waals surface area contributed by atoms with Crippen LogP contribution in [0, 0.1) is 12.7 Å². The molecule has 110 valence electrons. The lowest BCUT2D eigenvalue weighted by molar-refractivity contribution is 0.102. The summed E-state index contributed by atoms with van der Waals surface area (Å²) < 4.78 is 15.2. The van der Waals surface area contributed by atoms with Gasteiger partial charge in [0.1, 0.15) is 5.82 Å². The third-order valence-corrected chi connectivity index (χ3v) is 3.33. The van der Waals surface area contributed by atoms with Crippen LogP contribution in [-0.4, -0.2) is 15.7 Å². The van der Waals surface area contributed by atoms with Crippen LogP contribution in [0.3, 0.4) is 0 Å². The summed E-state index contributed by atoms with van der Waals surface area (Å²) in [6.45, 7) is 1.67. The van der Waals surface area contributed by atoms with Crippen LogP contribution in [0.25, 0.3) is 5.69 Å². The number of para-hydroxylation sites is 1. The predicted octanol–water partition coefficient (Wildman–Crippen LogP) is 3.57. The van der Waals surface area contributed by atoms with Crippen molar-refractivity contribution in [2.45, 2.75) is 6.92 Å². The molecule has 1 aromatic heterocycles.